The van der Waals surface area contributed by atoms with Crippen LogP contribution >= 0.6 is 0 Å². The summed E-state index contributed by atoms with van der Waals surface area (Å²) in [6.45, 7) is 3.47. The molecular formula is C22H21NO5. The standard InChI is InChI=1S/C22H21NO5/c1-3-15-9-10-18-17(12-20(24)28-19(18)11-15)13-27-22(26)14(2)23-21(25)16-7-5-4-6-8-16/h4-12,14H,3,13H2,1-2H3,(H,23,25)/t14-/m0/s1. The van der Waals surface area contributed by atoms with Crippen molar-refractivity contribution >= 4 is 22.8 Å². The Morgan fingerprint density at radius 1 is 1.11 bits per heavy atom. The number of rotatable bonds is 6. The quantitative estimate of drug-likeness (QED) is 0.525. The van der Waals surface area contributed by atoms with Crippen molar-refractivity contribution in [1.29, 1.82) is 0 Å². The van der Waals surface area contributed by atoms with Gasteiger partial charge in [0.2, 0.25) is 0 Å². The monoisotopic (exact) mass is 379 g/mol. The topological polar surface area (TPSA) is 85.6 Å². The average Bonchev–Trinajstić information content (AvgIpc) is 2.71. The number of fused-ring (bicyclic) bond motifs is 1. The fraction of sp³-hybridized carbons (Fsp3) is 0.227. The molecule has 6 nitrogen and oxygen atoms in total. The molecule has 1 N–H and O–H groups in total. The van der Waals surface area contributed by atoms with Crippen molar-refractivity contribution in [3.8, 4) is 0 Å². The number of benzene rings is 2. The van der Waals surface area contributed by atoms with Crippen molar-refractivity contribution in [2.24, 2.45) is 0 Å². The van der Waals surface area contributed by atoms with Gasteiger partial charge in [-0.1, -0.05) is 37.3 Å². The Morgan fingerprint density at radius 3 is 2.57 bits per heavy atom. The van der Waals surface area contributed by atoms with Crippen LogP contribution in [0.3, 0.4) is 0 Å². The number of carbonyl (C=O) groups excluding carboxylic acids is 2. The molecule has 0 fully saturated rings. The highest BCUT2D eigenvalue weighted by Gasteiger charge is 2.18. The maximum absolute atomic E-state index is 12.3. The lowest BCUT2D eigenvalue weighted by Gasteiger charge is -2.14. The van der Waals surface area contributed by atoms with Gasteiger partial charge in [-0.2, -0.15) is 0 Å². The molecule has 144 valence electrons. The number of hydrogen-bond acceptors (Lipinski definition) is 5. The fourth-order valence-electron chi connectivity index (χ4n) is 2.82. The van der Waals surface area contributed by atoms with Crippen molar-refractivity contribution in [3.05, 3.63) is 81.7 Å². The first-order valence-corrected chi connectivity index (χ1v) is 9.06. The largest absolute Gasteiger partial charge is 0.459 e. The zero-order valence-corrected chi connectivity index (χ0v) is 15.7. The lowest BCUT2D eigenvalue weighted by molar-refractivity contribution is -0.146. The third-order valence-electron chi connectivity index (χ3n) is 4.41. The zero-order valence-electron chi connectivity index (χ0n) is 15.7. The predicted molar refractivity (Wildman–Crippen MR) is 105 cm³/mol. The van der Waals surface area contributed by atoms with Crippen LogP contribution in [0.5, 0.6) is 0 Å². The van der Waals surface area contributed by atoms with Gasteiger partial charge in [0.1, 0.15) is 18.2 Å². The van der Waals surface area contributed by atoms with E-state index in [0.29, 0.717) is 22.1 Å². The molecule has 0 bridgehead atoms. The summed E-state index contributed by atoms with van der Waals surface area (Å²) in [6, 6.07) is 14.7. The smallest absolute Gasteiger partial charge is 0.336 e. The highest BCUT2D eigenvalue weighted by Crippen LogP contribution is 2.20. The third-order valence-corrected chi connectivity index (χ3v) is 4.41. The lowest BCUT2D eigenvalue weighted by Crippen LogP contribution is -2.39. The summed E-state index contributed by atoms with van der Waals surface area (Å²) < 4.78 is 10.6. The molecule has 6 heteroatoms. The number of ether oxygens (including phenoxy) is 1. The summed E-state index contributed by atoms with van der Waals surface area (Å²) in [4.78, 5) is 36.2. The molecule has 28 heavy (non-hydrogen) atoms. The van der Waals surface area contributed by atoms with Crippen molar-refractivity contribution < 1.29 is 18.7 Å². The Morgan fingerprint density at radius 2 is 1.86 bits per heavy atom. The van der Waals surface area contributed by atoms with Gasteiger partial charge in [0, 0.05) is 22.6 Å². The summed E-state index contributed by atoms with van der Waals surface area (Å²) in [5.74, 6) is -0.946. The first kappa shape index (κ1) is 19.4. The van der Waals surface area contributed by atoms with Gasteiger partial charge in [0.05, 0.1) is 0 Å². The molecule has 0 aliphatic carbocycles. The van der Waals surface area contributed by atoms with Crippen molar-refractivity contribution in [2.75, 3.05) is 0 Å². The molecule has 0 unspecified atom stereocenters. The van der Waals surface area contributed by atoms with Gasteiger partial charge in [0.15, 0.2) is 0 Å². The summed E-state index contributed by atoms with van der Waals surface area (Å²) >= 11 is 0. The SMILES string of the molecule is CCc1ccc2c(COC(=O)[C@H](C)NC(=O)c3ccccc3)cc(=O)oc2c1. The molecule has 2 aromatic carbocycles. The van der Waals surface area contributed by atoms with Crippen molar-refractivity contribution in [3.63, 3.8) is 0 Å². The van der Waals surface area contributed by atoms with Gasteiger partial charge in [0.25, 0.3) is 5.91 Å². The first-order valence-electron chi connectivity index (χ1n) is 9.06. The van der Waals surface area contributed by atoms with Gasteiger partial charge < -0.3 is 14.5 Å². The van der Waals surface area contributed by atoms with Gasteiger partial charge in [-0.05, 0) is 37.1 Å². The van der Waals surface area contributed by atoms with Crippen LogP contribution in [-0.4, -0.2) is 17.9 Å². The molecule has 0 aliphatic heterocycles. The molecule has 1 heterocycles. The minimum atomic E-state index is -0.828. The molecular weight excluding hydrogens is 358 g/mol. The minimum absolute atomic E-state index is 0.0854. The Labute approximate surface area is 162 Å². The van der Waals surface area contributed by atoms with Crippen LogP contribution in [0.1, 0.15) is 35.3 Å². The number of esters is 1. The third kappa shape index (κ3) is 4.46. The van der Waals surface area contributed by atoms with Crippen LogP contribution in [0.15, 0.2) is 63.8 Å². The molecule has 3 aromatic rings. The number of hydrogen-bond donors (Lipinski definition) is 1. The summed E-state index contributed by atoms with van der Waals surface area (Å²) in [7, 11) is 0. The van der Waals surface area contributed by atoms with Crippen molar-refractivity contribution in [1.82, 2.24) is 5.32 Å². The van der Waals surface area contributed by atoms with Crippen LogP contribution < -0.4 is 10.9 Å². The molecule has 0 saturated carbocycles. The predicted octanol–water partition coefficient (Wildman–Crippen LogP) is 3.22. The normalized spacial score (nSPS) is 11.8. The second-order valence-corrected chi connectivity index (χ2v) is 6.44. The highest BCUT2D eigenvalue weighted by atomic mass is 16.5. The lowest BCUT2D eigenvalue weighted by atomic mass is 10.1. The Bertz CT molecular complexity index is 1060. The van der Waals surface area contributed by atoms with E-state index < -0.39 is 17.6 Å². The van der Waals surface area contributed by atoms with E-state index in [1.54, 1.807) is 37.3 Å². The molecule has 0 aliphatic rings. The van der Waals surface area contributed by atoms with E-state index in [2.05, 4.69) is 5.32 Å². The Kier molecular flexibility index (Phi) is 5.89. The van der Waals surface area contributed by atoms with E-state index in [9.17, 15) is 14.4 Å². The van der Waals surface area contributed by atoms with Crippen LogP contribution in [-0.2, 0) is 22.6 Å². The van der Waals surface area contributed by atoms with Gasteiger partial charge in [-0.3, -0.25) is 4.79 Å². The molecule has 0 spiro atoms. The van der Waals surface area contributed by atoms with Crippen LogP contribution in [0.25, 0.3) is 11.0 Å². The second-order valence-electron chi connectivity index (χ2n) is 6.44. The summed E-state index contributed by atoms with van der Waals surface area (Å²) in [6.07, 6.45) is 0.817. The first-order chi connectivity index (χ1) is 13.5. The molecule has 1 amide bonds. The maximum Gasteiger partial charge on any atom is 0.336 e. The van der Waals surface area contributed by atoms with Gasteiger partial charge in [-0.15, -0.1) is 0 Å². The Hall–Kier alpha value is -3.41. The number of aryl methyl sites for hydroxylation is 1. The maximum atomic E-state index is 12.3. The van der Waals surface area contributed by atoms with Crippen molar-refractivity contribution in [2.45, 2.75) is 32.9 Å². The molecule has 1 atom stereocenters. The number of carbonyl (C=O) groups is 2. The summed E-state index contributed by atoms with van der Waals surface area (Å²) in [5, 5.41) is 3.32. The summed E-state index contributed by atoms with van der Waals surface area (Å²) in [5.41, 5.74) is 2.02. The van der Waals surface area contributed by atoms with E-state index in [1.807, 2.05) is 25.1 Å². The van der Waals surface area contributed by atoms with E-state index in [-0.39, 0.29) is 12.5 Å². The molecule has 0 radical (unpaired) electrons. The molecule has 0 saturated heterocycles. The number of nitrogens with one attached hydrogen (secondary N) is 1. The highest BCUT2D eigenvalue weighted by molar-refractivity contribution is 5.96. The zero-order chi connectivity index (χ0) is 20.1. The minimum Gasteiger partial charge on any atom is -0.459 e. The van der Waals surface area contributed by atoms with Crippen LogP contribution in [0.4, 0.5) is 0 Å². The van der Waals surface area contributed by atoms with Gasteiger partial charge >= 0.3 is 11.6 Å². The Balaban J connectivity index is 1.68. The number of amides is 1. The van der Waals surface area contributed by atoms with Crippen LogP contribution in [0, 0.1) is 0 Å². The van der Waals surface area contributed by atoms with E-state index >= 15 is 0 Å². The average molecular weight is 379 g/mol. The molecule has 3 rings (SSSR count). The molecule has 1 aromatic heterocycles. The van der Waals surface area contributed by atoms with E-state index in [1.165, 1.54) is 6.07 Å². The van der Waals surface area contributed by atoms with E-state index in [0.717, 1.165) is 12.0 Å². The fourth-order valence-corrected chi connectivity index (χ4v) is 2.82. The van der Waals surface area contributed by atoms with Gasteiger partial charge in [-0.25, -0.2) is 9.59 Å². The van der Waals surface area contributed by atoms with E-state index in [4.69, 9.17) is 9.15 Å². The van der Waals surface area contributed by atoms with Crippen LogP contribution in [0.2, 0.25) is 0 Å². The second kappa shape index (κ2) is 8.52.